The molecule has 2 rings (SSSR count). The van der Waals surface area contributed by atoms with E-state index in [4.69, 9.17) is 16.3 Å². The largest absolute Gasteiger partial charge is 0.506 e. The topological polar surface area (TPSA) is 46.5 Å². The maximum Gasteiger partial charge on any atom is 0.159 e. The number of hydrogen-bond acceptors (Lipinski definition) is 3. The van der Waals surface area contributed by atoms with Gasteiger partial charge in [0, 0.05) is 6.07 Å². The maximum atomic E-state index is 13.5. The number of hydrogen-bond donors (Lipinski definition) is 1. The van der Waals surface area contributed by atoms with Gasteiger partial charge in [-0.05, 0) is 18.8 Å². The van der Waals surface area contributed by atoms with Crippen molar-refractivity contribution in [3.05, 3.63) is 22.5 Å². The van der Waals surface area contributed by atoms with E-state index < -0.39 is 16.6 Å². The lowest BCUT2D eigenvalue weighted by molar-refractivity contribution is 0.111. The van der Waals surface area contributed by atoms with Crippen LogP contribution in [0.15, 0.2) is 6.07 Å². The van der Waals surface area contributed by atoms with Gasteiger partial charge >= 0.3 is 0 Å². The van der Waals surface area contributed by atoms with Crippen LogP contribution in [0.4, 0.5) is 4.39 Å². The Labute approximate surface area is 96.8 Å². The molecule has 1 fully saturated rings. The molecule has 0 spiro atoms. The predicted molar refractivity (Wildman–Crippen MR) is 56.7 cm³/mol. The summed E-state index contributed by atoms with van der Waals surface area (Å²) in [6.45, 7) is 0.432. The Kier molecular flexibility index (Phi) is 3.01. The number of carbonyl (C=O) groups excluding carboxylic acids is 1. The van der Waals surface area contributed by atoms with Crippen LogP contribution in [-0.2, 0) is 0 Å². The average molecular weight is 245 g/mol. The molecule has 0 atom stereocenters. The van der Waals surface area contributed by atoms with Gasteiger partial charge in [-0.25, -0.2) is 4.39 Å². The van der Waals surface area contributed by atoms with Crippen LogP contribution in [0.1, 0.15) is 23.2 Å². The number of rotatable bonds is 4. The Morgan fingerprint density at radius 3 is 2.88 bits per heavy atom. The zero-order valence-electron chi connectivity index (χ0n) is 8.37. The third kappa shape index (κ3) is 2.11. The molecule has 0 amide bonds. The first-order valence-electron chi connectivity index (χ1n) is 4.92. The Morgan fingerprint density at radius 2 is 2.31 bits per heavy atom. The highest BCUT2D eigenvalue weighted by atomic mass is 35.5. The standard InChI is InChI=1S/C11H10ClFO3/c12-10-8(15)3-9(7(4-14)11(10)13)16-5-6-1-2-6/h3-4,6,15H,1-2,5H2. The Morgan fingerprint density at radius 1 is 1.62 bits per heavy atom. The van der Waals surface area contributed by atoms with Gasteiger partial charge in [0.15, 0.2) is 12.1 Å². The maximum absolute atomic E-state index is 13.5. The summed E-state index contributed by atoms with van der Waals surface area (Å²) in [6, 6.07) is 1.16. The van der Waals surface area contributed by atoms with E-state index in [1.807, 2.05) is 0 Å². The summed E-state index contributed by atoms with van der Waals surface area (Å²) >= 11 is 5.47. The van der Waals surface area contributed by atoms with Crippen LogP contribution in [-0.4, -0.2) is 18.0 Å². The van der Waals surface area contributed by atoms with E-state index in [0.29, 0.717) is 18.8 Å². The van der Waals surface area contributed by atoms with Crippen LogP contribution in [0.25, 0.3) is 0 Å². The van der Waals surface area contributed by atoms with Gasteiger partial charge in [0.2, 0.25) is 0 Å². The van der Waals surface area contributed by atoms with Gasteiger partial charge in [-0.1, -0.05) is 11.6 Å². The molecule has 0 unspecified atom stereocenters. The van der Waals surface area contributed by atoms with E-state index >= 15 is 0 Å². The molecule has 0 heterocycles. The summed E-state index contributed by atoms with van der Waals surface area (Å²) < 4.78 is 18.7. The molecule has 3 nitrogen and oxygen atoms in total. The number of aldehydes is 1. The van der Waals surface area contributed by atoms with Crippen LogP contribution in [0.2, 0.25) is 5.02 Å². The molecule has 1 saturated carbocycles. The van der Waals surface area contributed by atoms with Gasteiger partial charge in [-0.3, -0.25) is 4.79 Å². The van der Waals surface area contributed by atoms with Crippen molar-refractivity contribution in [1.82, 2.24) is 0 Å². The summed E-state index contributed by atoms with van der Waals surface area (Å²) in [6.07, 6.45) is 2.50. The summed E-state index contributed by atoms with van der Waals surface area (Å²) in [5.74, 6) is -0.847. The molecule has 1 N–H and O–H groups in total. The van der Waals surface area contributed by atoms with Gasteiger partial charge in [0.25, 0.3) is 0 Å². The molecule has 1 aliphatic rings. The summed E-state index contributed by atoms with van der Waals surface area (Å²) in [5.41, 5.74) is -0.247. The zero-order valence-corrected chi connectivity index (χ0v) is 9.13. The minimum absolute atomic E-state index is 0.0429. The van der Waals surface area contributed by atoms with Gasteiger partial charge in [0.1, 0.15) is 16.5 Å². The van der Waals surface area contributed by atoms with Crippen molar-refractivity contribution in [2.24, 2.45) is 5.92 Å². The van der Waals surface area contributed by atoms with Gasteiger partial charge in [0.05, 0.1) is 12.2 Å². The fourth-order valence-corrected chi connectivity index (χ4v) is 1.48. The second kappa shape index (κ2) is 4.29. The molecule has 16 heavy (non-hydrogen) atoms. The fraction of sp³-hybridized carbons (Fsp3) is 0.364. The van der Waals surface area contributed by atoms with Crippen molar-refractivity contribution >= 4 is 17.9 Å². The first-order valence-corrected chi connectivity index (χ1v) is 5.30. The monoisotopic (exact) mass is 244 g/mol. The van der Waals surface area contributed by atoms with Crippen LogP contribution in [0, 0.1) is 11.7 Å². The van der Waals surface area contributed by atoms with Crippen molar-refractivity contribution in [2.45, 2.75) is 12.8 Å². The summed E-state index contributed by atoms with van der Waals surface area (Å²) in [5, 5.41) is 8.86. The molecule has 1 aliphatic carbocycles. The van der Waals surface area contributed by atoms with Crippen molar-refractivity contribution in [1.29, 1.82) is 0 Å². The summed E-state index contributed by atoms with van der Waals surface area (Å²) in [4.78, 5) is 10.7. The van der Waals surface area contributed by atoms with E-state index in [9.17, 15) is 14.3 Å². The first-order chi connectivity index (χ1) is 7.63. The highest BCUT2D eigenvalue weighted by Crippen LogP contribution is 2.36. The number of phenolic OH excluding ortho intramolecular Hbond substituents is 1. The van der Waals surface area contributed by atoms with Crippen molar-refractivity contribution in [3.8, 4) is 11.5 Å². The molecule has 1 aromatic carbocycles. The lowest BCUT2D eigenvalue weighted by Crippen LogP contribution is -2.03. The quantitative estimate of drug-likeness (QED) is 0.829. The number of phenols is 1. The second-order valence-corrected chi connectivity index (χ2v) is 4.19. The zero-order chi connectivity index (χ0) is 11.7. The third-order valence-corrected chi connectivity index (χ3v) is 2.84. The van der Waals surface area contributed by atoms with E-state index in [2.05, 4.69) is 0 Å². The molecule has 0 radical (unpaired) electrons. The van der Waals surface area contributed by atoms with Crippen LogP contribution in [0.3, 0.4) is 0 Å². The van der Waals surface area contributed by atoms with Crippen LogP contribution >= 0.6 is 11.6 Å². The second-order valence-electron chi connectivity index (χ2n) is 3.81. The lowest BCUT2D eigenvalue weighted by Gasteiger charge is -2.10. The predicted octanol–water partition coefficient (Wildman–Crippen LogP) is 2.79. The Hall–Kier alpha value is -1.29. The molecule has 1 aromatic rings. The Bertz CT molecular complexity index is 430. The number of halogens is 2. The van der Waals surface area contributed by atoms with E-state index in [1.54, 1.807) is 0 Å². The Balaban J connectivity index is 2.29. The SMILES string of the molecule is O=Cc1c(OCC2CC2)cc(O)c(Cl)c1F. The van der Waals surface area contributed by atoms with Crippen molar-refractivity contribution < 1.29 is 19.0 Å². The van der Waals surface area contributed by atoms with E-state index in [1.165, 1.54) is 0 Å². The van der Waals surface area contributed by atoms with Crippen molar-refractivity contribution in [3.63, 3.8) is 0 Å². The highest BCUT2D eigenvalue weighted by Gasteiger charge is 2.24. The molecule has 86 valence electrons. The molecule has 5 heteroatoms. The minimum atomic E-state index is -0.942. The van der Waals surface area contributed by atoms with Crippen LogP contribution < -0.4 is 4.74 Å². The lowest BCUT2D eigenvalue weighted by atomic mass is 10.2. The number of carbonyl (C=O) groups is 1. The van der Waals surface area contributed by atoms with Gasteiger partial charge in [-0.2, -0.15) is 0 Å². The number of ether oxygens (including phenoxy) is 1. The van der Waals surface area contributed by atoms with Gasteiger partial charge < -0.3 is 9.84 Å². The number of benzene rings is 1. The molecule has 0 aliphatic heterocycles. The van der Waals surface area contributed by atoms with E-state index in [-0.39, 0.29) is 11.3 Å². The average Bonchev–Trinajstić information content (AvgIpc) is 3.07. The van der Waals surface area contributed by atoms with Gasteiger partial charge in [-0.15, -0.1) is 0 Å². The minimum Gasteiger partial charge on any atom is -0.506 e. The smallest absolute Gasteiger partial charge is 0.159 e. The summed E-state index contributed by atoms with van der Waals surface area (Å²) in [7, 11) is 0. The fourth-order valence-electron chi connectivity index (χ4n) is 1.33. The first kappa shape index (κ1) is 11.2. The van der Waals surface area contributed by atoms with E-state index in [0.717, 1.165) is 18.9 Å². The molecular formula is C11H10ClFO3. The molecule has 0 bridgehead atoms. The normalized spacial score (nSPS) is 14.9. The molecular weight excluding hydrogens is 235 g/mol. The third-order valence-electron chi connectivity index (χ3n) is 2.48. The number of aromatic hydroxyl groups is 1. The van der Waals surface area contributed by atoms with Crippen LogP contribution in [0.5, 0.6) is 11.5 Å². The molecule has 0 saturated heterocycles. The molecule has 0 aromatic heterocycles. The van der Waals surface area contributed by atoms with Crippen molar-refractivity contribution in [2.75, 3.05) is 6.61 Å². The highest BCUT2D eigenvalue weighted by molar-refractivity contribution is 6.32.